The van der Waals surface area contributed by atoms with Crippen molar-refractivity contribution in [2.45, 2.75) is 25.2 Å². The van der Waals surface area contributed by atoms with Crippen LogP contribution in [0.25, 0.3) is 5.65 Å². The molecule has 0 aliphatic carbocycles. The number of nitrogens with zero attached hydrogens (tertiary/aromatic N) is 3. The second kappa shape index (κ2) is 7.81. The van der Waals surface area contributed by atoms with E-state index < -0.39 is 18.0 Å². The van der Waals surface area contributed by atoms with E-state index in [1.165, 1.54) is 18.2 Å². The van der Waals surface area contributed by atoms with Gasteiger partial charge < -0.3 is 14.5 Å². The SMILES string of the molecule is O=C(Nc1cn2cc(C3CCOCC3)nc2cc1Cl)c1cccc(C(F)F)n1. The van der Waals surface area contributed by atoms with E-state index in [9.17, 15) is 13.6 Å². The minimum atomic E-state index is -2.75. The fourth-order valence-electron chi connectivity index (χ4n) is 3.20. The van der Waals surface area contributed by atoms with Crippen molar-refractivity contribution in [3.8, 4) is 0 Å². The van der Waals surface area contributed by atoms with Crippen molar-refractivity contribution in [1.29, 1.82) is 0 Å². The lowest BCUT2D eigenvalue weighted by Gasteiger charge is -2.19. The fourth-order valence-corrected chi connectivity index (χ4v) is 3.39. The summed E-state index contributed by atoms with van der Waals surface area (Å²) in [7, 11) is 0. The highest BCUT2D eigenvalue weighted by atomic mass is 35.5. The summed E-state index contributed by atoms with van der Waals surface area (Å²) in [6, 6.07) is 5.56. The van der Waals surface area contributed by atoms with E-state index in [-0.39, 0.29) is 5.69 Å². The number of hydrogen-bond donors (Lipinski definition) is 1. The lowest BCUT2D eigenvalue weighted by atomic mass is 9.97. The molecule has 9 heteroatoms. The fraction of sp³-hybridized carbons (Fsp3) is 0.316. The zero-order chi connectivity index (χ0) is 19.7. The minimum absolute atomic E-state index is 0.109. The van der Waals surface area contributed by atoms with Crippen LogP contribution in [-0.2, 0) is 4.74 Å². The van der Waals surface area contributed by atoms with Crippen LogP contribution in [0, 0.1) is 0 Å². The van der Waals surface area contributed by atoms with Gasteiger partial charge in [0.25, 0.3) is 12.3 Å². The van der Waals surface area contributed by atoms with E-state index in [1.54, 1.807) is 16.7 Å². The van der Waals surface area contributed by atoms with Crippen molar-refractivity contribution in [3.63, 3.8) is 0 Å². The molecule has 0 atom stereocenters. The summed E-state index contributed by atoms with van der Waals surface area (Å²) in [5, 5.41) is 2.93. The third kappa shape index (κ3) is 3.83. The van der Waals surface area contributed by atoms with Gasteiger partial charge in [-0.15, -0.1) is 0 Å². The number of amides is 1. The van der Waals surface area contributed by atoms with Crippen LogP contribution in [0.3, 0.4) is 0 Å². The number of fused-ring (bicyclic) bond motifs is 1. The number of rotatable bonds is 4. The molecule has 28 heavy (non-hydrogen) atoms. The second-order valence-electron chi connectivity index (χ2n) is 6.56. The first-order valence-electron chi connectivity index (χ1n) is 8.83. The summed E-state index contributed by atoms with van der Waals surface area (Å²) in [6.45, 7) is 1.43. The number of hydrogen-bond acceptors (Lipinski definition) is 4. The average molecular weight is 407 g/mol. The monoisotopic (exact) mass is 406 g/mol. The maximum Gasteiger partial charge on any atom is 0.280 e. The van der Waals surface area contributed by atoms with Gasteiger partial charge in [-0.05, 0) is 25.0 Å². The molecular weight excluding hydrogens is 390 g/mol. The summed E-state index contributed by atoms with van der Waals surface area (Å²) < 4.78 is 32.8. The third-order valence-electron chi connectivity index (χ3n) is 4.68. The highest BCUT2D eigenvalue weighted by molar-refractivity contribution is 6.34. The molecule has 1 aliphatic rings. The highest BCUT2D eigenvalue weighted by Crippen LogP contribution is 2.29. The standard InChI is InChI=1S/C19H17ClF2N4O2/c20-12-8-17-24-15(11-4-6-28-7-5-11)9-26(17)10-16(12)25-19(27)14-3-1-2-13(23-14)18(21)22/h1-3,8-11,18H,4-7H2,(H,25,27). The second-order valence-corrected chi connectivity index (χ2v) is 6.96. The van der Waals surface area contributed by atoms with Crippen molar-refractivity contribution in [2.24, 2.45) is 0 Å². The van der Waals surface area contributed by atoms with Crippen molar-refractivity contribution < 1.29 is 18.3 Å². The highest BCUT2D eigenvalue weighted by Gasteiger charge is 2.20. The molecule has 4 rings (SSSR count). The molecule has 0 aromatic carbocycles. The van der Waals surface area contributed by atoms with Crippen LogP contribution in [0.2, 0.25) is 5.02 Å². The Kier molecular flexibility index (Phi) is 5.23. The van der Waals surface area contributed by atoms with E-state index >= 15 is 0 Å². The number of carbonyl (C=O) groups is 1. The van der Waals surface area contributed by atoms with Gasteiger partial charge in [0.2, 0.25) is 0 Å². The molecule has 1 aliphatic heterocycles. The van der Waals surface area contributed by atoms with Gasteiger partial charge in [-0.25, -0.2) is 18.7 Å². The Balaban J connectivity index is 1.59. The Morgan fingerprint density at radius 1 is 1.25 bits per heavy atom. The van der Waals surface area contributed by atoms with Crippen LogP contribution in [-0.4, -0.2) is 33.5 Å². The van der Waals surface area contributed by atoms with Gasteiger partial charge >= 0.3 is 0 Å². The number of alkyl halides is 2. The molecule has 6 nitrogen and oxygen atoms in total. The van der Waals surface area contributed by atoms with Crippen LogP contribution < -0.4 is 5.32 Å². The van der Waals surface area contributed by atoms with Gasteiger partial charge in [-0.3, -0.25) is 4.79 Å². The summed E-state index contributed by atoms with van der Waals surface area (Å²) >= 11 is 6.28. The number of imidazole rings is 1. The molecule has 0 saturated carbocycles. The number of nitrogens with one attached hydrogen (secondary N) is 1. The molecule has 0 spiro atoms. The van der Waals surface area contributed by atoms with E-state index in [2.05, 4.69) is 15.3 Å². The normalized spacial score (nSPS) is 15.3. The molecule has 1 amide bonds. The predicted octanol–water partition coefficient (Wildman–Crippen LogP) is 4.47. The third-order valence-corrected chi connectivity index (χ3v) is 4.99. The molecule has 0 bridgehead atoms. The van der Waals surface area contributed by atoms with Gasteiger partial charge in [0, 0.05) is 37.6 Å². The maximum atomic E-state index is 12.8. The molecule has 1 N–H and O–H groups in total. The molecule has 146 valence electrons. The van der Waals surface area contributed by atoms with Crippen molar-refractivity contribution in [3.05, 3.63) is 58.8 Å². The molecule has 3 aromatic heterocycles. The first-order valence-corrected chi connectivity index (χ1v) is 9.21. The van der Waals surface area contributed by atoms with Crippen molar-refractivity contribution >= 4 is 28.8 Å². The van der Waals surface area contributed by atoms with Crippen molar-refractivity contribution in [1.82, 2.24) is 14.4 Å². The first kappa shape index (κ1) is 18.8. The largest absolute Gasteiger partial charge is 0.381 e. The summed E-state index contributed by atoms with van der Waals surface area (Å²) in [5.74, 6) is -0.291. The van der Waals surface area contributed by atoms with Crippen molar-refractivity contribution in [2.75, 3.05) is 18.5 Å². The van der Waals surface area contributed by atoms with E-state index in [0.717, 1.165) is 18.5 Å². The summed E-state index contributed by atoms with van der Waals surface area (Å²) in [4.78, 5) is 20.7. The smallest absolute Gasteiger partial charge is 0.280 e. The Bertz CT molecular complexity index is 1020. The molecule has 1 fully saturated rings. The number of halogens is 3. The lowest BCUT2D eigenvalue weighted by molar-refractivity contribution is 0.0846. The van der Waals surface area contributed by atoms with E-state index in [1.807, 2.05) is 6.20 Å². The lowest BCUT2D eigenvalue weighted by Crippen LogP contribution is -2.15. The summed E-state index contributed by atoms with van der Waals surface area (Å²) in [5.41, 5.74) is 1.41. The molecular formula is C19H17ClF2N4O2. The number of pyridine rings is 2. The topological polar surface area (TPSA) is 68.5 Å². The van der Waals surface area contributed by atoms with Gasteiger partial charge in [0.15, 0.2) is 0 Å². The minimum Gasteiger partial charge on any atom is -0.381 e. The molecule has 0 unspecified atom stereocenters. The Labute approximate surface area is 164 Å². The number of ether oxygens (including phenoxy) is 1. The maximum absolute atomic E-state index is 12.8. The Morgan fingerprint density at radius 2 is 2.04 bits per heavy atom. The number of carbonyl (C=O) groups excluding carboxylic acids is 1. The van der Waals surface area contributed by atoms with Crippen LogP contribution in [0.5, 0.6) is 0 Å². The molecule has 1 saturated heterocycles. The van der Waals surface area contributed by atoms with Gasteiger partial charge in [0.05, 0.1) is 16.4 Å². The Morgan fingerprint density at radius 3 is 2.79 bits per heavy atom. The van der Waals surface area contributed by atoms with Crippen LogP contribution in [0.1, 0.15) is 47.1 Å². The number of aromatic nitrogens is 3. The number of anilines is 1. The zero-order valence-electron chi connectivity index (χ0n) is 14.7. The van der Waals surface area contributed by atoms with Gasteiger partial charge in [-0.2, -0.15) is 0 Å². The molecule has 3 aromatic rings. The van der Waals surface area contributed by atoms with Crippen LogP contribution in [0.4, 0.5) is 14.5 Å². The van der Waals surface area contributed by atoms with Crippen LogP contribution in [0.15, 0.2) is 36.7 Å². The van der Waals surface area contributed by atoms with E-state index in [4.69, 9.17) is 16.3 Å². The van der Waals surface area contributed by atoms with E-state index in [0.29, 0.717) is 35.5 Å². The van der Waals surface area contributed by atoms with Gasteiger partial charge in [-0.1, -0.05) is 17.7 Å². The average Bonchev–Trinajstić information content (AvgIpc) is 3.11. The quantitative estimate of drug-likeness (QED) is 0.694. The zero-order valence-corrected chi connectivity index (χ0v) is 15.5. The Hall–Kier alpha value is -2.58. The first-order chi connectivity index (χ1) is 13.5. The molecule has 0 radical (unpaired) electrons. The van der Waals surface area contributed by atoms with Crippen LogP contribution >= 0.6 is 11.6 Å². The summed E-state index contributed by atoms with van der Waals surface area (Å²) in [6.07, 6.45) is 2.64. The molecule has 4 heterocycles. The van der Waals surface area contributed by atoms with Gasteiger partial charge in [0.1, 0.15) is 17.0 Å². The predicted molar refractivity (Wildman–Crippen MR) is 100 cm³/mol.